The first-order valence-corrected chi connectivity index (χ1v) is 27.9. The van der Waals surface area contributed by atoms with Gasteiger partial charge >= 0.3 is 0 Å². The predicted molar refractivity (Wildman–Crippen MR) is 321 cm³/mol. The number of hydrogen-bond donors (Lipinski definition) is 0. The van der Waals surface area contributed by atoms with E-state index < -0.39 is 0 Å². The van der Waals surface area contributed by atoms with Gasteiger partial charge in [-0.3, -0.25) is 0 Å². The summed E-state index contributed by atoms with van der Waals surface area (Å²) < 4.78 is 10.2. The Kier molecular flexibility index (Phi) is 7.84. The Balaban J connectivity index is 0.729. The molecule has 0 aliphatic carbocycles. The van der Waals surface area contributed by atoms with Crippen molar-refractivity contribution in [3.63, 3.8) is 0 Å². The van der Waals surface area contributed by atoms with Gasteiger partial charge in [0.2, 0.25) is 0 Å². The molecule has 0 unspecified atom stereocenters. The second-order valence-corrected chi connectivity index (χ2v) is 25.1. The van der Waals surface area contributed by atoms with Gasteiger partial charge in [0, 0.05) is 95.8 Å². The van der Waals surface area contributed by atoms with Gasteiger partial charge in [-0.1, -0.05) is 48.5 Å². The molecule has 0 bridgehead atoms. The summed E-state index contributed by atoms with van der Waals surface area (Å²) in [6, 6.07) is 66.3. The summed E-state index contributed by atoms with van der Waals surface area (Å²) in [5, 5.41) is 26.0. The van der Waals surface area contributed by atoms with E-state index in [-0.39, 0.29) is 0 Å². The van der Waals surface area contributed by atoms with Crippen molar-refractivity contribution in [2.24, 2.45) is 14.1 Å². The minimum atomic E-state index is 1.26. The Hall–Kier alpha value is -7.58. The molecule has 17 rings (SSSR count). The summed E-state index contributed by atoms with van der Waals surface area (Å²) in [6.45, 7) is 4.40. The lowest BCUT2D eigenvalue weighted by Gasteiger charge is -2.06. The number of benzene rings is 11. The van der Waals surface area contributed by atoms with Crippen molar-refractivity contribution in [2.45, 2.75) is 13.8 Å². The summed E-state index contributed by atoms with van der Waals surface area (Å²) in [4.78, 5) is 5.34. The maximum atomic E-state index is 2.44. The van der Waals surface area contributed by atoms with Crippen LogP contribution in [0.15, 0.2) is 170 Å². The number of nitrogens with zero attached hydrogens (tertiary/aromatic N) is 2. The van der Waals surface area contributed by atoms with Crippen LogP contribution < -0.4 is 0 Å². The molecule has 72 heavy (non-hydrogen) atoms. The normalized spacial score (nSPS) is 12.7. The molecular formula is C66H40N2S4. The molecule has 6 heteroatoms. The highest BCUT2D eigenvalue weighted by atomic mass is 32.1. The van der Waals surface area contributed by atoms with Crippen LogP contribution in [0.2, 0.25) is 0 Å². The molecule has 0 amide bonds. The molecule has 6 aromatic heterocycles. The van der Waals surface area contributed by atoms with Gasteiger partial charge in [0.1, 0.15) is 0 Å². The molecule has 17 aromatic rings. The number of thiophene rings is 4. The average molecular weight is 989 g/mol. The second-order valence-electron chi connectivity index (χ2n) is 20.4. The standard InChI is InChI=1S/C66H40N2S4/c1-33-13-47-21-39-17-45-27-63-49(23-41(45)19-43(39)25-61(47)69-33)29-59(71-63)37-7-9-51-35(15-37)5-11-53-55-31-58-56(32-57(55)67(3)65(51)53)54-12-6-36-16-38(8-10-52(36)66(54)68(58)4)60-30-50-24-42-20-44-26-62-48(14-34(2)70-62)22-40(44)18-46(42)28-64(50)72-60/h5-32H,1-4H3. The third-order valence-corrected chi connectivity index (χ3v) is 20.3. The third-order valence-electron chi connectivity index (χ3n) is 16.0. The largest absolute Gasteiger partial charge is 0.343 e. The molecule has 0 spiro atoms. The van der Waals surface area contributed by atoms with E-state index in [1.54, 1.807) is 0 Å². The van der Waals surface area contributed by atoms with Gasteiger partial charge in [-0.2, -0.15) is 0 Å². The van der Waals surface area contributed by atoms with Crippen molar-refractivity contribution in [3.8, 4) is 20.9 Å². The zero-order valence-corrected chi connectivity index (χ0v) is 43.0. The zero-order valence-electron chi connectivity index (χ0n) is 39.7. The molecule has 0 N–H and O–H groups in total. The van der Waals surface area contributed by atoms with Gasteiger partial charge in [-0.25, -0.2) is 0 Å². The van der Waals surface area contributed by atoms with Crippen LogP contribution in [0.3, 0.4) is 0 Å². The number of rotatable bonds is 2. The highest BCUT2D eigenvalue weighted by molar-refractivity contribution is 7.22. The van der Waals surface area contributed by atoms with Gasteiger partial charge < -0.3 is 9.13 Å². The van der Waals surface area contributed by atoms with Crippen LogP contribution in [-0.4, -0.2) is 9.13 Å². The van der Waals surface area contributed by atoms with Crippen molar-refractivity contribution in [1.82, 2.24) is 9.13 Å². The topological polar surface area (TPSA) is 9.86 Å². The quantitative estimate of drug-likeness (QED) is 0.153. The second kappa shape index (κ2) is 14.1. The Labute approximate surface area is 428 Å². The molecule has 0 atom stereocenters. The lowest BCUT2D eigenvalue weighted by atomic mass is 10.0. The van der Waals surface area contributed by atoms with Crippen LogP contribution in [0.4, 0.5) is 0 Å². The van der Waals surface area contributed by atoms with Crippen LogP contribution in [0.25, 0.3) is 169 Å². The van der Waals surface area contributed by atoms with Crippen molar-refractivity contribution < 1.29 is 0 Å². The molecule has 338 valence electrons. The van der Waals surface area contributed by atoms with Crippen molar-refractivity contribution in [3.05, 3.63) is 180 Å². The van der Waals surface area contributed by atoms with Gasteiger partial charge in [-0.05, 0) is 222 Å². The van der Waals surface area contributed by atoms with Gasteiger partial charge in [0.15, 0.2) is 0 Å². The van der Waals surface area contributed by atoms with Crippen molar-refractivity contribution in [1.29, 1.82) is 0 Å². The minimum absolute atomic E-state index is 1.26. The van der Waals surface area contributed by atoms with E-state index in [0.29, 0.717) is 0 Å². The van der Waals surface area contributed by atoms with Crippen molar-refractivity contribution >= 4 is 194 Å². The van der Waals surface area contributed by atoms with E-state index in [1.807, 2.05) is 45.3 Å². The summed E-state index contributed by atoms with van der Waals surface area (Å²) in [7, 11) is 4.50. The molecule has 11 aromatic carbocycles. The molecule has 0 radical (unpaired) electrons. The van der Waals surface area contributed by atoms with E-state index in [4.69, 9.17) is 0 Å². The summed E-state index contributed by atoms with van der Waals surface area (Å²) in [6.07, 6.45) is 0. The molecule has 0 saturated heterocycles. The number of hydrogen-bond acceptors (Lipinski definition) is 4. The first-order valence-electron chi connectivity index (χ1n) is 24.6. The van der Waals surface area contributed by atoms with Crippen LogP contribution in [-0.2, 0) is 14.1 Å². The highest BCUT2D eigenvalue weighted by Gasteiger charge is 2.19. The van der Waals surface area contributed by atoms with Gasteiger partial charge in [-0.15, -0.1) is 45.3 Å². The molecular weight excluding hydrogens is 949 g/mol. The Morgan fingerprint density at radius 3 is 1.00 bits per heavy atom. The fourth-order valence-corrected chi connectivity index (χ4v) is 16.7. The molecule has 6 heterocycles. The van der Waals surface area contributed by atoms with Crippen molar-refractivity contribution in [2.75, 3.05) is 0 Å². The summed E-state index contributed by atoms with van der Waals surface area (Å²) in [5.41, 5.74) is 7.63. The van der Waals surface area contributed by atoms with E-state index in [1.165, 1.54) is 179 Å². The van der Waals surface area contributed by atoms with E-state index in [0.717, 1.165) is 0 Å². The lowest BCUT2D eigenvalue weighted by molar-refractivity contribution is 1.01. The molecule has 0 aliphatic heterocycles. The summed E-state index contributed by atoms with van der Waals surface area (Å²) in [5.74, 6) is 0. The molecule has 0 aliphatic rings. The van der Waals surface area contributed by atoms with E-state index in [9.17, 15) is 0 Å². The van der Waals surface area contributed by atoms with Gasteiger partial charge in [0.25, 0.3) is 0 Å². The fourth-order valence-electron chi connectivity index (χ4n) is 12.6. The lowest BCUT2D eigenvalue weighted by Crippen LogP contribution is -1.89. The highest BCUT2D eigenvalue weighted by Crippen LogP contribution is 2.45. The maximum absolute atomic E-state index is 2.44. The predicted octanol–water partition coefficient (Wildman–Crippen LogP) is 20.7. The number of aromatic nitrogens is 2. The fraction of sp³-hybridized carbons (Fsp3) is 0.0606. The number of fused-ring (bicyclic) bond motifs is 18. The minimum Gasteiger partial charge on any atom is -0.343 e. The monoisotopic (exact) mass is 988 g/mol. The molecule has 2 nitrogen and oxygen atoms in total. The van der Waals surface area contributed by atoms with Crippen LogP contribution in [0.1, 0.15) is 9.75 Å². The first-order chi connectivity index (χ1) is 35.2. The van der Waals surface area contributed by atoms with Crippen LogP contribution >= 0.6 is 45.3 Å². The third kappa shape index (κ3) is 5.64. The average Bonchev–Trinajstić information content (AvgIpc) is 4.24. The molecule has 0 saturated carbocycles. The zero-order chi connectivity index (χ0) is 47.4. The Morgan fingerprint density at radius 1 is 0.264 bits per heavy atom. The smallest absolute Gasteiger partial charge is 0.0568 e. The summed E-state index contributed by atoms with van der Waals surface area (Å²) >= 11 is 7.55. The first kappa shape index (κ1) is 40.1. The van der Waals surface area contributed by atoms with Crippen LogP contribution in [0.5, 0.6) is 0 Å². The van der Waals surface area contributed by atoms with Gasteiger partial charge in [0.05, 0.1) is 11.0 Å². The Morgan fingerprint density at radius 2 is 0.597 bits per heavy atom. The van der Waals surface area contributed by atoms with E-state index in [2.05, 4.69) is 207 Å². The van der Waals surface area contributed by atoms with Crippen LogP contribution in [0, 0.1) is 13.8 Å². The number of aryl methyl sites for hydroxylation is 4. The Bertz CT molecular complexity index is 4820. The molecule has 0 fully saturated rings. The van der Waals surface area contributed by atoms with E-state index >= 15 is 0 Å². The maximum Gasteiger partial charge on any atom is 0.0568 e. The SMILES string of the molecule is Cc1cc2cc3cc4cc5sc(-c6ccc7c(ccc8c9cc%10c(cc9n(C)c78)c7ccc8cc(-c9cc%11cc%12cc%13cc%14sc(C)cc%14cc%13cc%12cc%11s9)ccc8c7n%10C)c6)cc5cc4cc3cc2s1.